The van der Waals surface area contributed by atoms with Crippen molar-refractivity contribution in [3.63, 3.8) is 0 Å². The predicted octanol–water partition coefficient (Wildman–Crippen LogP) is 4.89. The Kier molecular flexibility index (Phi) is 8.53. The van der Waals surface area contributed by atoms with Crippen LogP contribution in [0.3, 0.4) is 0 Å². The quantitative estimate of drug-likeness (QED) is 0.245. The summed E-state index contributed by atoms with van der Waals surface area (Å²) in [5.74, 6) is 2.23. The Balaban J connectivity index is 1.48. The Bertz CT molecular complexity index is 1950. The van der Waals surface area contributed by atoms with Crippen LogP contribution in [0.5, 0.6) is 0 Å². The van der Waals surface area contributed by atoms with Crippen LogP contribution in [0.25, 0.3) is 16.4 Å². The molecule has 2 aliphatic rings. The largest absolute Gasteiger partial charge is 0.476 e. The van der Waals surface area contributed by atoms with Crippen LogP contribution in [-0.4, -0.2) is 53.6 Å². The van der Waals surface area contributed by atoms with Crippen molar-refractivity contribution >= 4 is 27.3 Å². The summed E-state index contributed by atoms with van der Waals surface area (Å²) in [6.45, 7) is 0.703. The van der Waals surface area contributed by atoms with Crippen molar-refractivity contribution in [2.24, 2.45) is 17.0 Å². The Morgan fingerprint density at radius 2 is 1.98 bits per heavy atom. The molecule has 9 nitrogen and oxygen atoms in total. The van der Waals surface area contributed by atoms with Crippen molar-refractivity contribution in [1.29, 1.82) is 0 Å². The molecule has 2 atom stereocenters. The SMILES string of the molecule is NS(=O)(=O)c1ccc(Cc2c(-c3ccc(F)c(C#CC(F)C4CCOC4)c3)nn(-c3nc(C(=O)O)cs3)c2CC2CC2)cc1F. The standard InChI is InChI=1S/C31H27F3N4O5S2/c32-23-7-5-20(14-19(23)4-6-24(33)21-9-10-43-15-21)29-22(11-18-3-8-28(25(34)12-18)45(35,41)42)27(13-17-1-2-17)38(37-29)31-36-26(16-44-31)30(39)40/h3,5,7-8,12,14,16-17,21,24H,1-2,9-11,13,15H2,(H,39,40)(H2,35,41,42). The van der Waals surface area contributed by atoms with E-state index >= 15 is 0 Å². The molecule has 2 fully saturated rings. The number of hydrogen-bond donors (Lipinski definition) is 2. The van der Waals surface area contributed by atoms with E-state index < -0.39 is 38.7 Å². The zero-order chi connectivity index (χ0) is 31.9. The van der Waals surface area contributed by atoms with Crippen LogP contribution in [0.15, 0.2) is 46.7 Å². The number of aromatic carboxylic acids is 1. The molecule has 2 aromatic heterocycles. The van der Waals surface area contributed by atoms with E-state index in [1.165, 1.54) is 29.6 Å². The van der Waals surface area contributed by atoms with Crippen LogP contribution in [-0.2, 0) is 27.6 Å². The summed E-state index contributed by atoms with van der Waals surface area (Å²) in [6, 6.07) is 7.81. The lowest BCUT2D eigenvalue weighted by molar-refractivity contribution is 0.0691. The molecule has 6 rings (SSSR count). The van der Waals surface area contributed by atoms with Crippen molar-refractivity contribution in [3.8, 4) is 28.2 Å². The van der Waals surface area contributed by atoms with Crippen molar-refractivity contribution < 1.29 is 36.2 Å². The summed E-state index contributed by atoms with van der Waals surface area (Å²) in [5, 5.41) is 21.1. The van der Waals surface area contributed by atoms with E-state index in [0.717, 1.165) is 36.3 Å². The van der Waals surface area contributed by atoms with Gasteiger partial charge in [0.2, 0.25) is 15.2 Å². The number of carboxylic acids is 1. The normalized spacial score (nSPS) is 17.2. The average Bonchev–Trinajstić information content (AvgIpc) is 3.35. The molecule has 0 bridgehead atoms. The number of alkyl halides is 1. The second kappa shape index (κ2) is 12.4. The molecule has 0 amide bonds. The van der Waals surface area contributed by atoms with Gasteiger partial charge < -0.3 is 9.84 Å². The maximum absolute atomic E-state index is 14.9. The molecule has 3 heterocycles. The molecular weight excluding hydrogens is 629 g/mol. The molecule has 1 saturated heterocycles. The van der Waals surface area contributed by atoms with Gasteiger partial charge in [-0.3, -0.25) is 0 Å². The third kappa shape index (κ3) is 6.81. The third-order valence-corrected chi connectivity index (χ3v) is 9.57. The monoisotopic (exact) mass is 656 g/mol. The van der Waals surface area contributed by atoms with Gasteiger partial charge in [-0.05, 0) is 67.5 Å². The third-order valence-electron chi connectivity index (χ3n) is 7.81. The minimum atomic E-state index is -4.28. The lowest BCUT2D eigenvalue weighted by Crippen LogP contribution is -2.14. The number of nitrogens with two attached hydrogens (primary N) is 1. The molecule has 45 heavy (non-hydrogen) atoms. The smallest absolute Gasteiger partial charge is 0.355 e. The number of carbonyl (C=O) groups is 1. The Morgan fingerprint density at radius 3 is 2.62 bits per heavy atom. The summed E-state index contributed by atoms with van der Waals surface area (Å²) in [6.07, 6.45) is 1.65. The number of aromatic nitrogens is 3. The molecule has 2 unspecified atom stereocenters. The number of benzene rings is 2. The van der Waals surface area contributed by atoms with Gasteiger partial charge in [-0.25, -0.2) is 41.2 Å². The van der Waals surface area contributed by atoms with Crippen LogP contribution < -0.4 is 5.14 Å². The first-order valence-electron chi connectivity index (χ1n) is 14.1. The summed E-state index contributed by atoms with van der Waals surface area (Å²) >= 11 is 1.09. The summed E-state index contributed by atoms with van der Waals surface area (Å²) in [4.78, 5) is 15.2. The lowest BCUT2D eigenvalue weighted by Gasteiger charge is -2.10. The van der Waals surface area contributed by atoms with Gasteiger partial charge in [0.1, 0.15) is 16.5 Å². The number of sulfonamides is 1. The molecule has 1 aliphatic heterocycles. The number of primary sulfonamides is 1. The van der Waals surface area contributed by atoms with E-state index in [1.807, 2.05) is 0 Å². The zero-order valence-electron chi connectivity index (χ0n) is 23.7. The van der Waals surface area contributed by atoms with E-state index in [-0.39, 0.29) is 30.2 Å². The Hall–Kier alpha value is -4.03. The fourth-order valence-corrected chi connectivity index (χ4v) is 6.59. The second-order valence-electron chi connectivity index (χ2n) is 11.1. The van der Waals surface area contributed by atoms with Gasteiger partial charge in [-0.15, -0.1) is 11.3 Å². The van der Waals surface area contributed by atoms with E-state index in [4.69, 9.17) is 15.0 Å². The van der Waals surface area contributed by atoms with Gasteiger partial charge in [0.05, 0.1) is 23.6 Å². The highest BCUT2D eigenvalue weighted by molar-refractivity contribution is 7.89. The number of nitrogens with zero attached hydrogens (tertiary/aromatic N) is 3. The fraction of sp³-hybridized carbons (Fsp3) is 0.323. The first-order valence-corrected chi connectivity index (χ1v) is 16.5. The van der Waals surface area contributed by atoms with E-state index in [0.29, 0.717) is 58.6 Å². The minimum absolute atomic E-state index is 0.0377. The van der Waals surface area contributed by atoms with Crippen molar-refractivity contribution in [3.05, 3.63) is 81.5 Å². The highest BCUT2D eigenvalue weighted by atomic mass is 32.2. The molecule has 0 spiro atoms. The van der Waals surface area contributed by atoms with Gasteiger partial charge in [-0.1, -0.05) is 17.9 Å². The zero-order valence-corrected chi connectivity index (χ0v) is 25.3. The van der Waals surface area contributed by atoms with E-state index in [1.54, 1.807) is 4.68 Å². The lowest BCUT2D eigenvalue weighted by atomic mass is 9.96. The van der Waals surface area contributed by atoms with Crippen LogP contribution in [0, 0.1) is 35.3 Å². The topological polar surface area (TPSA) is 137 Å². The summed E-state index contributed by atoms with van der Waals surface area (Å²) in [5.41, 5.74) is 2.40. The Morgan fingerprint density at radius 1 is 1.18 bits per heavy atom. The first-order chi connectivity index (χ1) is 21.5. The summed E-state index contributed by atoms with van der Waals surface area (Å²) < 4.78 is 74.8. The molecule has 1 aliphatic carbocycles. The average molecular weight is 657 g/mol. The number of thiazole rings is 1. The minimum Gasteiger partial charge on any atom is -0.476 e. The number of hydrogen-bond acceptors (Lipinski definition) is 7. The van der Waals surface area contributed by atoms with Crippen molar-refractivity contribution in [2.45, 2.75) is 43.2 Å². The van der Waals surface area contributed by atoms with Crippen LogP contribution in [0.2, 0.25) is 0 Å². The van der Waals surface area contributed by atoms with Gasteiger partial charge >= 0.3 is 5.97 Å². The number of carboxylic acid groups (broad SMARTS) is 1. The van der Waals surface area contributed by atoms with Crippen LogP contribution >= 0.6 is 11.3 Å². The fourth-order valence-electron chi connectivity index (χ4n) is 5.23. The van der Waals surface area contributed by atoms with E-state index in [9.17, 15) is 31.5 Å². The number of rotatable bonds is 9. The molecule has 1 saturated carbocycles. The maximum Gasteiger partial charge on any atom is 0.355 e. The van der Waals surface area contributed by atoms with Gasteiger partial charge in [0.15, 0.2) is 11.9 Å². The highest BCUT2D eigenvalue weighted by Gasteiger charge is 2.30. The van der Waals surface area contributed by atoms with Gasteiger partial charge in [-0.2, -0.15) is 5.10 Å². The second-order valence-corrected chi connectivity index (χ2v) is 13.5. The van der Waals surface area contributed by atoms with Crippen LogP contribution in [0.1, 0.15) is 52.1 Å². The molecule has 2 aromatic carbocycles. The molecular formula is C31H27F3N4O5S2. The van der Waals surface area contributed by atoms with Gasteiger partial charge in [0.25, 0.3) is 0 Å². The molecule has 0 radical (unpaired) electrons. The van der Waals surface area contributed by atoms with E-state index in [2.05, 4.69) is 16.8 Å². The highest BCUT2D eigenvalue weighted by Crippen LogP contribution is 2.38. The molecule has 14 heteroatoms. The van der Waals surface area contributed by atoms with Crippen molar-refractivity contribution in [1.82, 2.24) is 14.8 Å². The van der Waals surface area contributed by atoms with Crippen LogP contribution in [0.4, 0.5) is 13.2 Å². The van der Waals surface area contributed by atoms with Gasteiger partial charge in [0, 0.05) is 35.5 Å². The Labute approximate surface area is 260 Å². The first kappa shape index (κ1) is 31.0. The maximum atomic E-state index is 14.9. The molecule has 4 aromatic rings. The van der Waals surface area contributed by atoms with Crippen molar-refractivity contribution in [2.75, 3.05) is 13.2 Å². The predicted molar refractivity (Wildman–Crippen MR) is 159 cm³/mol. The number of halogens is 3. The molecule has 234 valence electrons. The summed E-state index contributed by atoms with van der Waals surface area (Å²) in [7, 11) is -4.28. The molecule has 3 N–H and O–H groups in total. The number of ether oxygens (including phenoxy) is 1.